The second kappa shape index (κ2) is 33.6. The van der Waals surface area contributed by atoms with Crippen LogP contribution in [0.4, 0.5) is 40.3 Å². The molecule has 2 amide bonds. The molecule has 0 unspecified atom stereocenters. The smallest absolute Gasteiger partial charge is 1.00 e. The fraction of sp³-hybridized carbons (Fsp3) is 0.333. The number of halogens is 4. The Kier molecular flexibility index (Phi) is 27.3. The van der Waals surface area contributed by atoms with Crippen LogP contribution in [0.5, 0.6) is 11.8 Å². The summed E-state index contributed by atoms with van der Waals surface area (Å²) in [5, 5.41) is 25.2. The Morgan fingerprint density at radius 2 is 0.887 bits per heavy atom. The maximum atomic E-state index is 14.6. The van der Waals surface area contributed by atoms with E-state index in [1.165, 1.54) is 82.9 Å². The van der Waals surface area contributed by atoms with Crippen LogP contribution in [0.3, 0.4) is 0 Å². The molecule has 2 aliphatic heterocycles. The van der Waals surface area contributed by atoms with Crippen LogP contribution < -0.4 is 91.2 Å². The molecule has 2 aliphatic rings. The van der Waals surface area contributed by atoms with Gasteiger partial charge in [0, 0.05) is 43.2 Å². The molecule has 25 heteroatoms. The number of aliphatic hydroxyl groups excluding tert-OH is 2. The number of ether oxygens (including phenoxy) is 2. The van der Waals surface area contributed by atoms with Gasteiger partial charge in [-0.15, -0.1) is 0 Å². The molecule has 0 aliphatic carbocycles. The first kappa shape index (κ1) is 78.8. The van der Waals surface area contributed by atoms with E-state index in [9.17, 15) is 54.2 Å². The van der Waals surface area contributed by atoms with E-state index in [0.29, 0.717) is 5.69 Å². The van der Waals surface area contributed by atoms with Crippen molar-refractivity contribution in [2.75, 3.05) is 40.5 Å². The molecule has 0 saturated carbocycles. The average Bonchev–Trinajstić information content (AvgIpc) is 0.758. The number of carbonyl (C=O) groups is 2. The molecular weight excluding hydrogens is 1320 g/mol. The van der Waals surface area contributed by atoms with Gasteiger partial charge < -0.3 is 42.0 Å². The van der Waals surface area contributed by atoms with Crippen LogP contribution in [0.25, 0.3) is 0 Å². The molecule has 0 saturated heterocycles. The molecule has 4 atom stereocenters. The summed E-state index contributed by atoms with van der Waals surface area (Å²) < 4.78 is 125. The number of amides is 2. The zero-order chi connectivity index (χ0) is 70.8. The first-order chi connectivity index (χ1) is 45.2. The minimum atomic E-state index is -4.06. The van der Waals surface area contributed by atoms with E-state index in [4.69, 9.17) is 15.2 Å². The van der Waals surface area contributed by atoms with Crippen molar-refractivity contribution >= 4 is 54.6 Å². The monoisotopic (exact) mass is 1400 g/mol. The summed E-state index contributed by atoms with van der Waals surface area (Å²) in [7, 11) is -8.11. The van der Waals surface area contributed by atoms with E-state index >= 15 is 0 Å². The second-order valence-corrected chi connectivity index (χ2v) is 27.7. The van der Waals surface area contributed by atoms with Gasteiger partial charge in [0.1, 0.15) is 46.7 Å². The van der Waals surface area contributed by atoms with Crippen molar-refractivity contribution in [3.63, 3.8) is 0 Å². The van der Waals surface area contributed by atoms with E-state index in [1.807, 2.05) is 34.6 Å². The molecule has 8 aromatic rings. The van der Waals surface area contributed by atoms with Crippen LogP contribution in [0, 0.1) is 51.0 Å². The van der Waals surface area contributed by atoms with Crippen LogP contribution in [0.1, 0.15) is 141 Å². The number of aromatic nitrogens is 2. The number of sulfonamides is 2. The number of nitrogen functional groups attached to an aromatic ring is 1. The fourth-order valence-electron chi connectivity index (χ4n) is 10.5. The molecule has 0 bridgehead atoms. The van der Waals surface area contributed by atoms with Gasteiger partial charge in [-0.2, -0.15) is 0 Å². The van der Waals surface area contributed by atoms with Gasteiger partial charge >= 0.3 is 51.4 Å². The van der Waals surface area contributed by atoms with Gasteiger partial charge in [-0.1, -0.05) is 62.4 Å². The molecule has 7 N–H and O–H groups in total. The van der Waals surface area contributed by atoms with Gasteiger partial charge in [0.15, 0.2) is 0 Å². The summed E-state index contributed by atoms with van der Waals surface area (Å²) in [5.74, 6) is -2.48. The summed E-state index contributed by atoms with van der Waals surface area (Å²) in [6, 6.07) is 32.2. The van der Waals surface area contributed by atoms with Crippen LogP contribution in [-0.4, -0.2) is 91.9 Å². The number of carbonyl (C=O) groups excluding carboxylic acids is 2. The van der Waals surface area contributed by atoms with Gasteiger partial charge in [0.2, 0.25) is 31.8 Å². The number of fused-ring (bicyclic) bond motifs is 2. The van der Waals surface area contributed by atoms with Crippen molar-refractivity contribution < 1.29 is 116 Å². The van der Waals surface area contributed by atoms with Gasteiger partial charge in [0.05, 0.1) is 55.8 Å². The Morgan fingerprint density at radius 3 is 1.23 bits per heavy atom. The Morgan fingerprint density at radius 1 is 0.536 bits per heavy atom. The standard InChI is InChI=1S/2C28H32FN3O5S.C9H12FN.C7H8FN.K.H/c2*1-6-18-9-11-20(12-10-18)38(35,36)31-24-21-15-19(16-30-26(21)37-28(4,5)25(24)33)27(34)32(7-2)23-14-17(3)8-13-22(23)29;1-3-11-9-6-7(2)4-5-8(9)10;1-5-2-3-6(8)7(9)4-5;;/h2*8-16,24-25,31,33H,6-7H2,1-5H3;4-6,11H,3H2,1-2H3;2-4H,9H2,1H3;;/q;;;;+1;-1/t2*24-,25+;;;;/m11..../s1. The summed E-state index contributed by atoms with van der Waals surface area (Å²) in [6.07, 6.45) is 1.53. The van der Waals surface area contributed by atoms with Crippen LogP contribution >= 0.6 is 0 Å². The maximum absolute atomic E-state index is 14.6. The largest absolute Gasteiger partial charge is 1.00 e. The van der Waals surface area contributed by atoms with Crippen molar-refractivity contribution in [1.82, 2.24) is 19.4 Å². The van der Waals surface area contributed by atoms with Crippen molar-refractivity contribution in [3.05, 3.63) is 225 Å². The van der Waals surface area contributed by atoms with E-state index in [1.54, 1.807) is 128 Å². The number of anilines is 4. The molecule has 18 nitrogen and oxygen atoms in total. The molecule has 4 heterocycles. The number of aryl methyl sites for hydroxylation is 6. The normalized spacial score (nSPS) is 16.4. The molecular formula is C72H85F4KN8O10S2. The number of pyridine rings is 2. The third-order valence-electron chi connectivity index (χ3n) is 16.1. The van der Waals surface area contributed by atoms with Gasteiger partial charge in [-0.3, -0.25) is 9.59 Å². The Labute approximate surface area is 610 Å². The first-order valence-corrected chi connectivity index (χ1v) is 34.3. The number of hydrogen-bond acceptors (Lipinski definition) is 14. The van der Waals surface area contributed by atoms with E-state index in [-0.39, 0.29) is 138 Å². The predicted octanol–water partition coefficient (Wildman–Crippen LogP) is 10.0. The van der Waals surface area contributed by atoms with E-state index in [2.05, 4.69) is 24.7 Å². The van der Waals surface area contributed by atoms with Gasteiger partial charge in [-0.25, -0.2) is 53.8 Å². The topological polar surface area (TPSA) is 256 Å². The number of nitrogens with two attached hydrogens (primary N) is 1. The molecule has 97 heavy (non-hydrogen) atoms. The minimum Gasteiger partial charge on any atom is -1.00 e. The minimum absolute atomic E-state index is 0. The molecule has 2 aromatic heterocycles. The van der Waals surface area contributed by atoms with Crippen LogP contribution in [0.15, 0.2) is 156 Å². The number of hydrogen-bond donors (Lipinski definition) is 6. The number of rotatable bonds is 16. The Balaban J connectivity index is 0.000000271. The summed E-state index contributed by atoms with van der Waals surface area (Å²) in [4.78, 5) is 38.2. The van der Waals surface area contributed by atoms with E-state index < -0.39 is 79.0 Å². The zero-order valence-electron chi connectivity index (χ0n) is 58.1. The number of aliphatic hydroxyl groups is 2. The number of benzene rings is 6. The third kappa shape index (κ3) is 19.4. The Hall–Kier alpha value is -7.14. The van der Waals surface area contributed by atoms with Crippen molar-refractivity contribution in [1.29, 1.82) is 0 Å². The molecule has 514 valence electrons. The van der Waals surface area contributed by atoms with Crippen molar-refractivity contribution in [2.24, 2.45) is 0 Å². The average molecular weight is 1400 g/mol. The zero-order valence-corrected chi connectivity index (χ0v) is 61.8. The Bertz CT molecular complexity index is 4110. The predicted molar refractivity (Wildman–Crippen MR) is 367 cm³/mol. The van der Waals surface area contributed by atoms with Crippen molar-refractivity contribution in [3.8, 4) is 11.8 Å². The summed E-state index contributed by atoms with van der Waals surface area (Å²) in [5.41, 5.74) is 10.2. The molecule has 6 aromatic carbocycles. The third-order valence-corrected chi connectivity index (χ3v) is 19.0. The van der Waals surface area contributed by atoms with E-state index in [0.717, 1.165) is 52.8 Å². The fourth-order valence-corrected chi connectivity index (χ4v) is 13.0. The molecule has 0 radical (unpaired) electrons. The molecule has 0 spiro atoms. The number of nitrogens with one attached hydrogen (secondary N) is 3. The van der Waals surface area contributed by atoms with Gasteiger partial charge in [0.25, 0.3) is 11.8 Å². The maximum Gasteiger partial charge on any atom is 1.00 e. The molecule has 0 fully saturated rings. The quantitative estimate of drug-likeness (QED) is 0.0299. The van der Waals surface area contributed by atoms with Crippen LogP contribution in [0.2, 0.25) is 0 Å². The summed E-state index contributed by atoms with van der Waals surface area (Å²) >= 11 is 0. The van der Waals surface area contributed by atoms with Crippen LogP contribution in [-0.2, 0) is 32.9 Å². The SMILES string of the molecule is CCNc1cc(C)ccc1F.CCc1ccc(S(=O)(=O)N[C@@H]2c3cc(C(=O)N(CC)c4cc(C)ccc4F)cnc3OC(C)(C)[C@H]2O)cc1.CCc1ccc(S(=O)(=O)N[C@@H]2c3cc(C(=O)N(CC)c4cc(C)ccc4F)cnc3OC(C)(C)[C@H]2O)cc1.Cc1ccc(F)c(N)c1.[H-].[K+]. The van der Waals surface area contributed by atoms with Crippen molar-refractivity contribution in [2.45, 2.75) is 148 Å². The second-order valence-electron chi connectivity index (χ2n) is 24.3. The number of nitrogens with zero attached hydrogens (tertiary/aromatic N) is 4. The summed E-state index contributed by atoms with van der Waals surface area (Å²) in [6.45, 7) is 24.4. The first-order valence-electron chi connectivity index (χ1n) is 31.3. The van der Waals surface area contributed by atoms with Gasteiger partial charge in [-0.05, 0) is 207 Å². The molecule has 10 rings (SSSR count).